The number of aliphatic imine (C=N–C) groups is 1. The first-order valence-electron chi connectivity index (χ1n) is 7.26. The summed E-state index contributed by atoms with van der Waals surface area (Å²) in [6.07, 6.45) is 0. The third-order valence-corrected chi connectivity index (χ3v) is 3.62. The summed E-state index contributed by atoms with van der Waals surface area (Å²) in [4.78, 5) is 16.3. The number of halogens is 1. The molecule has 0 unspecified atom stereocenters. The molecule has 1 aromatic carbocycles. The Morgan fingerprint density at radius 3 is 2.65 bits per heavy atom. The van der Waals surface area contributed by atoms with Gasteiger partial charge in [0.1, 0.15) is 5.82 Å². The fourth-order valence-corrected chi connectivity index (χ4v) is 2.46. The summed E-state index contributed by atoms with van der Waals surface area (Å²) in [6, 6.07) is 7.65. The Balaban J connectivity index is 1.83. The lowest BCUT2D eigenvalue weighted by molar-refractivity contribution is -0.115. The van der Waals surface area contributed by atoms with Crippen LogP contribution >= 0.6 is 11.3 Å². The zero-order chi connectivity index (χ0) is 16.5. The summed E-state index contributed by atoms with van der Waals surface area (Å²) in [5.41, 5.74) is 1.68. The largest absolute Gasteiger partial charge is 0.357 e. The van der Waals surface area contributed by atoms with Crippen LogP contribution in [0.2, 0.25) is 0 Å². The minimum Gasteiger partial charge on any atom is -0.357 e. The van der Waals surface area contributed by atoms with Crippen LogP contribution in [0.25, 0.3) is 0 Å². The summed E-state index contributed by atoms with van der Waals surface area (Å²) in [5, 5.41) is 12.8. The SMILES string of the molecule is CCNC(=NCc1ccsc1)NCC(=O)Nc1ccc(F)cc1. The Morgan fingerprint density at radius 2 is 2.00 bits per heavy atom. The summed E-state index contributed by atoms with van der Waals surface area (Å²) in [5.74, 6) is 0.0156. The van der Waals surface area contributed by atoms with Crippen molar-refractivity contribution in [2.45, 2.75) is 13.5 Å². The second kappa shape index (κ2) is 8.89. The summed E-state index contributed by atoms with van der Waals surface area (Å²) in [7, 11) is 0. The lowest BCUT2D eigenvalue weighted by Gasteiger charge is -2.11. The molecule has 0 fully saturated rings. The van der Waals surface area contributed by atoms with Crippen molar-refractivity contribution in [1.82, 2.24) is 10.6 Å². The van der Waals surface area contributed by atoms with E-state index in [0.717, 1.165) is 5.56 Å². The van der Waals surface area contributed by atoms with Crippen molar-refractivity contribution in [3.8, 4) is 0 Å². The minimum absolute atomic E-state index is 0.0762. The maximum Gasteiger partial charge on any atom is 0.243 e. The number of carbonyl (C=O) groups excluding carboxylic acids is 1. The van der Waals surface area contributed by atoms with Crippen molar-refractivity contribution in [2.24, 2.45) is 4.99 Å². The van der Waals surface area contributed by atoms with E-state index in [1.165, 1.54) is 24.3 Å². The number of nitrogens with one attached hydrogen (secondary N) is 3. The molecule has 7 heteroatoms. The van der Waals surface area contributed by atoms with Crippen LogP contribution < -0.4 is 16.0 Å². The van der Waals surface area contributed by atoms with Gasteiger partial charge < -0.3 is 16.0 Å². The molecule has 0 bridgehead atoms. The predicted molar refractivity (Wildman–Crippen MR) is 92.2 cm³/mol. The van der Waals surface area contributed by atoms with Gasteiger partial charge in [0.25, 0.3) is 0 Å². The minimum atomic E-state index is -0.337. The van der Waals surface area contributed by atoms with E-state index in [2.05, 4.69) is 20.9 Å². The molecule has 0 aliphatic rings. The molecule has 5 nitrogen and oxygen atoms in total. The van der Waals surface area contributed by atoms with E-state index in [9.17, 15) is 9.18 Å². The Labute approximate surface area is 138 Å². The van der Waals surface area contributed by atoms with Crippen molar-refractivity contribution in [2.75, 3.05) is 18.4 Å². The van der Waals surface area contributed by atoms with E-state index >= 15 is 0 Å². The molecule has 23 heavy (non-hydrogen) atoms. The standard InChI is InChI=1S/C16H19FN4OS/c1-2-18-16(19-9-12-7-8-23-11-12)20-10-15(22)21-14-5-3-13(17)4-6-14/h3-8,11H,2,9-10H2,1H3,(H,21,22)(H2,18,19,20). The van der Waals surface area contributed by atoms with E-state index in [-0.39, 0.29) is 18.3 Å². The second-order valence-electron chi connectivity index (χ2n) is 4.74. The lowest BCUT2D eigenvalue weighted by atomic mass is 10.3. The van der Waals surface area contributed by atoms with Gasteiger partial charge in [0.05, 0.1) is 13.1 Å². The lowest BCUT2D eigenvalue weighted by Crippen LogP contribution is -2.41. The molecule has 0 saturated heterocycles. The van der Waals surface area contributed by atoms with Gasteiger partial charge in [-0.25, -0.2) is 9.38 Å². The van der Waals surface area contributed by atoms with E-state index in [4.69, 9.17) is 0 Å². The first kappa shape index (κ1) is 17.0. The van der Waals surface area contributed by atoms with Gasteiger partial charge in [0.15, 0.2) is 5.96 Å². The van der Waals surface area contributed by atoms with Crippen LogP contribution in [0.3, 0.4) is 0 Å². The van der Waals surface area contributed by atoms with Crippen molar-refractivity contribution < 1.29 is 9.18 Å². The average molecular weight is 334 g/mol. The van der Waals surface area contributed by atoms with Crippen LogP contribution in [-0.4, -0.2) is 25.0 Å². The Morgan fingerprint density at radius 1 is 1.22 bits per heavy atom. The molecule has 0 radical (unpaired) electrons. The van der Waals surface area contributed by atoms with E-state index in [1.54, 1.807) is 11.3 Å². The van der Waals surface area contributed by atoms with Gasteiger partial charge in [-0.2, -0.15) is 11.3 Å². The Hall–Kier alpha value is -2.41. The molecule has 0 atom stereocenters. The van der Waals surface area contributed by atoms with Gasteiger partial charge >= 0.3 is 0 Å². The highest BCUT2D eigenvalue weighted by molar-refractivity contribution is 7.07. The molecule has 0 aliphatic carbocycles. The number of rotatable bonds is 6. The highest BCUT2D eigenvalue weighted by Gasteiger charge is 2.04. The number of thiophene rings is 1. The van der Waals surface area contributed by atoms with Crippen molar-refractivity contribution in [1.29, 1.82) is 0 Å². The number of carbonyl (C=O) groups is 1. The van der Waals surface area contributed by atoms with Crippen LogP contribution in [-0.2, 0) is 11.3 Å². The average Bonchev–Trinajstić information content (AvgIpc) is 3.06. The molecule has 0 spiro atoms. The smallest absolute Gasteiger partial charge is 0.243 e. The van der Waals surface area contributed by atoms with Gasteiger partial charge in [-0.05, 0) is 53.6 Å². The van der Waals surface area contributed by atoms with Crippen LogP contribution in [0, 0.1) is 5.82 Å². The first-order valence-corrected chi connectivity index (χ1v) is 8.20. The van der Waals surface area contributed by atoms with Gasteiger partial charge in [-0.15, -0.1) is 0 Å². The fourth-order valence-electron chi connectivity index (χ4n) is 1.80. The number of guanidine groups is 1. The molecule has 1 aromatic heterocycles. The van der Waals surface area contributed by atoms with Gasteiger partial charge in [-0.1, -0.05) is 0 Å². The monoisotopic (exact) mass is 334 g/mol. The van der Waals surface area contributed by atoms with Crippen LogP contribution in [0.4, 0.5) is 10.1 Å². The topological polar surface area (TPSA) is 65.5 Å². The molecule has 2 rings (SSSR count). The summed E-state index contributed by atoms with van der Waals surface area (Å²) >= 11 is 1.62. The molecule has 2 aromatic rings. The Kier molecular flexibility index (Phi) is 6.56. The second-order valence-corrected chi connectivity index (χ2v) is 5.52. The molecule has 0 aliphatic heterocycles. The molecule has 0 saturated carbocycles. The third-order valence-electron chi connectivity index (χ3n) is 2.89. The molecule has 1 heterocycles. The van der Waals surface area contributed by atoms with E-state index in [1.807, 2.05) is 23.8 Å². The van der Waals surface area contributed by atoms with Crippen LogP contribution in [0.1, 0.15) is 12.5 Å². The molecule has 1 amide bonds. The van der Waals surface area contributed by atoms with Crippen molar-refractivity contribution in [3.05, 3.63) is 52.5 Å². The molecular weight excluding hydrogens is 315 g/mol. The number of benzene rings is 1. The predicted octanol–water partition coefficient (Wildman–Crippen LogP) is 2.58. The van der Waals surface area contributed by atoms with Crippen LogP contribution in [0.5, 0.6) is 0 Å². The quantitative estimate of drug-likeness (QED) is 0.562. The highest BCUT2D eigenvalue weighted by atomic mass is 32.1. The van der Waals surface area contributed by atoms with E-state index in [0.29, 0.717) is 24.7 Å². The molecule has 122 valence electrons. The summed E-state index contributed by atoms with van der Waals surface area (Å²) in [6.45, 7) is 3.29. The zero-order valence-corrected chi connectivity index (χ0v) is 13.6. The maximum atomic E-state index is 12.8. The van der Waals surface area contributed by atoms with Crippen LogP contribution in [0.15, 0.2) is 46.1 Å². The number of nitrogens with zero attached hydrogens (tertiary/aromatic N) is 1. The molecule has 3 N–H and O–H groups in total. The van der Waals surface area contributed by atoms with Gasteiger partial charge in [0, 0.05) is 12.2 Å². The van der Waals surface area contributed by atoms with Crippen molar-refractivity contribution >= 4 is 28.9 Å². The normalized spacial score (nSPS) is 11.1. The molecular formula is C16H19FN4OS. The van der Waals surface area contributed by atoms with Gasteiger partial charge in [0.2, 0.25) is 5.91 Å². The zero-order valence-electron chi connectivity index (χ0n) is 12.8. The van der Waals surface area contributed by atoms with E-state index < -0.39 is 0 Å². The summed E-state index contributed by atoms with van der Waals surface area (Å²) < 4.78 is 12.8. The number of hydrogen-bond donors (Lipinski definition) is 3. The third kappa shape index (κ3) is 6.07. The number of anilines is 1. The maximum absolute atomic E-state index is 12.8. The number of hydrogen-bond acceptors (Lipinski definition) is 3. The Bertz CT molecular complexity index is 641. The van der Waals surface area contributed by atoms with Gasteiger partial charge in [-0.3, -0.25) is 4.79 Å². The van der Waals surface area contributed by atoms with Crippen molar-refractivity contribution in [3.63, 3.8) is 0 Å². The fraction of sp³-hybridized carbons (Fsp3) is 0.250. The first-order chi connectivity index (χ1) is 11.2. The number of amides is 1. The highest BCUT2D eigenvalue weighted by Crippen LogP contribution is 2.08.